The maximum absolute atomic E-state index is 5.99. The van der Waals surface area contributed by atoms with E-state index in [9.17, 15) is 0 Å². The summed E-state index contributed by atoms with van der Waals surface area (Å²) in [5.41, 5.74) is 0. The Bertz CT molecular complexity index is 214. The molecule has 0 unspecified atom stereocenters. The molecule has 2 aliphatic heterocycles. The molecule has 0 N–H and O–H groups in total. The van der Waals surface area contributed by atoms with Gasteiger partial charge in [0.2, 0.25) is 0 Å². The zero-order valence-corrected chi connectivity index (χ0v) is 12.8. The minimum absolute atomic E-state index is 0.647. The molecule has 0 saturated carbocycles. The summed E-state index contributed by atoms with van der Waals surface area (Å²) < 4.78 is 0. The first kappa shape index (κ1) is 14.9. The monoisotopic (exact) mass is 292 g/mol. The molecule has 2 rings (SSSR count). The van der Waals surface area contributed by atoms with Crippen LogP contribution < -0.4 is 0 Å². The number of halogens is 2. The first-order chi connectivity index (χ1) is 8.85. The van der Waals surface area contributed by atoms with E-state index in [-0.39, 0.29) is 0 Å². The maximum atomic E-state index is 5.99. The number of hydrogen-bond acceptors (Lipinski definition) is 2. The van der Waals surface area contributed by atoms with Crippen LogP contribution in [0.25, 0.3) is 0 Å². The lowest BCUT2D eigenvalue weighted by atomic mass is 10.2. The van der Waals surface area contributed by atoms with Gasteiger partial charge in [0.25, 0.3) is 0 Å². The van der Waals surface area contributed by atoms with Crippen LogP contribution in [-0.2, 0) is 0 Å². The molecule has 2 aliphatic rings. The van der Waals surface area contributed by atoms with Crippen molar-refractivity contribution in [2.24, 2.45) is 0 Å². The second-order valence-corrected chi connectivity index (χ2v) is 6.30. The summed E-state index contributed by atoms with van der Waals surface area (Å²) in [6.07, 6.45) is 7.86. The van der Waals surface area contributed by atoms with E-state index in [4.69, 9.17) is 23.2 Å². The Morgan fingerprint density at radius 3 is 1.61 bits per heavy atom. The molecule has 0 aliphatic carbocycles. The third-order valence-corrected chi connectivity index (χ3v) is 5.21. The van der Waals surface area contributed by atoms with Gasteiger partial charge in [-0.3, -0.25) is 9.80 Å². The van der Waals surface area contributed by atoms with Crippen molar-refractivity contribution >= 4 is 23.2 Å². The first-order valence-electron chi connectivity index (χ1n) is 7.45. The highest BCUT2D eigenvalue weighted by molar-refractivity contribution is 6.18. The largest absolute Gasteiger partial charge is 0.299 e. The highest BCUT2D eigenvalue weighted by Crippen LogP contribution is 2.20. The molecule has 2 saturated heterocycles. The highest BCUT2D eigenvalue weighted by atomic mass is 35.5. The minimum Gasteiger partial charge on any atom is -0.299 e. The topological polar surface area (TPSA) is 6.48 Å². The van der Waals surface area contributed by atoms with Gasteiger partial charge in [-0.2, -0.15) is 0 Å². The molecule has 2 fully saturated rings. The third-order valence-electron chi connectivity index (χ3n) is 4.50. The van der Waals surface area contributed by atoms with Gasteiger partial charge in [0.1, 0.15) is 0 Å². The average molecular weight is 293 g/mol. The van der Waals surface area contributed by atoms with Crippen LogP contribution in [0.15, 0.2) is 0 Å². The molecule has 4 heteroatoms. The summed E-state index contributed by atoms with van der Waals surface area (Å²) in [6, 6.07) is 1.29. The van der Waals surface area contributed by atoms with Crippen LogP contribution in [0.3, 0.4) is 0 Å². The molecule has 2 atom stereocenters. The van der Waals surface area contributed by atoms with Gasteiger partial charge < -0.3 is 0 Å². The number of unbranched alkanes of at least 4 members (excludes halogenated alkanes) is 1. The van der Waals surface area contributed by atoms with Crippen LogP contribution in [0.1, 0.15) is 38.5 Å². The van der Waals surface area contributed by atoms with E-state index in [0.29, 0.717) is 12.1 Å². The van der Waals surface area contributed by atoms with Gasteiger partial charge in [-0.25, -0.2) is 0 Å². The van der Waals surface area contributed by atoms with Crippen molar-refractivity contribution in [3.8, 4) is 0 Å². The highest BCUT2D eigenvalue weighted by Gasteiger charge is 2.24. The average Bonchev–Trinajstić information content (AvgIpc) is 3.02. The smallest absolute Gasteiger partial charge is 0.0379 e. The summed E-state index contributed by atoms with van der Waals surface area (Å²) in [5, 5.41) is 0. The minimum atomic E-state index is 0.647. The molecule has 0 bridgehead atoms. The molecule has 2 heterocycles. The van der Waals surface area contributed by atoms with Gasteiger partial charge in [-0.15, -0.1) is 23.2 Å². The Labute approximate surface area is 122 Å². The van der Waals surface area contributed by atoms with Crippen LogP contribution in [-0.4, -0.2) is 59.8 Å². The van der Waals surface area contributed by atoms with E-state index < -0.39 is 0 Å². The molecule has 0 spiro atoms. The van der Waals surface area contributed by atoms with Crippen molar-refractivity contribution in [1.29, 1.82) is 0 Å². The Kier molecular flexibility index (Phi) is 6.57. The van der Waals surface area contributed by atoms with Crippen molar-refractivity contribution in [3.63, 3.8) is 0 Å². The van der Waals surface area contributed by atoms with E-state index in [0.717, 1.165) is 11.8 Å². The van der Waals surface area contributed by atoms with Crippen LogP contribution in [0.5, 0.6) is 0 Å². The summed E-state index contributed by atoms with van der Waals surface area (Å²) in [5.74, 6) is 1.61. The molecular formula is C14H26Cl2N2. The normalized spacial score (nSPS) is 30.3. The fraction of sp³-hybridized carbons (Fsp3) is 1.00. The van der Waals surface area contributed by atoms with Crippen LogP contribution in [0.2, 0.25) is 0 Å². The van der Waals surface area contributed by atoms with Crippen molar-refractivity contribution in [2.75, 3.05) is 37.9 Å². The maximum Gasteiger partial charge on any atom is 0.0379 e. The molecule has 106 valence electrons. The lowest BCUT2D eigenvalue weighted by Crippen LogP contribution is -2.34. The summed E-state index contributed by atoms with van der Waals surface area (Å²) in [6.45, 7) is 4.98. The second-order valence-electron chi connectivity index (χ2n) is 5.68. The molecule has 0 radical (unpaired) electrons. The lowest BCUT2D eigenvalue weighted by Gasteiger charge is -2.25. The Morgan fingerprint density at radius 1 is 0.778 bits per heavy atom. The van der Waals surface area contributed by atoms with E-state index >= 15 is 0 Å². The molecule has 0 aromatic carbocycles. The zero-order chi connectivity index (χ0) is 12.8. The lowest BCUT2D eigenvalue weighted by molar-refractivity contribution is 0.237. The predicted molar refractivity (Wildman–Crippen MR) is 79.9 cm³/mol. The Morgan fingerprint density at radius 2 is 1.22 bits per heavy atom. The number of nitrogens with zero attached hydrogens (tertiary/aromatic N) is 2. The molecule has 18 heavy (non-hydrogen) atoms. The number of alkyl halides is 2. The first-order valence-corrected chi connectivity index (χ1v) is 8.52. The van der Waals surface area contributed by atoms with Crippen LogP contribution in [0, 0.1) is 0 Å². The van der Waals surface area contributed by atoms with Crippen LogP contribution >= 0.6 is 23.2 Å². The SMILES string of the molecule is ClC[C@@H]1CCCN1CCCCN1CCC[C@H]1CCl. The molecule has 2 nitrogen and oxygen atoms in total. The van der Waals surface area contributed by atoms with Gasteiger partial charge in [0.05, 0.1) is 0 Å². The van der Waals surface area contributed by atoms with E-state index in [1.54, 1.807) is 0 Å². The Balaban J connectivity index is 1.58. The van der Waals surface area contributed by atoms with Crippen molar-refractivity contribution in [2.45, 2.75) is 50.6 Å². The third kappa shape index (κ3) is 4.00. The van der Waals surface area contributed by atoms with Gasteiger partial charge in [0.15, 0.2) is 0 Å². The van der Waals surface area contributed by atoms with E-state index in [1.165, 1.54) is 64.7 Å². The standard InChI is InChI=1S/C14H26Cl2N2/c15-11-13-5-3-9-17(13)7-1-2-8-18-10-4-6-14(18)12-16/h13-14H,1-12H2/t13-,14-/m0/s1. The Hall–Kier alpha value is 0.500. The second kappa shape index (κ2) is 7.94. The fourth-order valence-corrected chi connectivity index (χ4v) is 4.06. The quantitative estimate of drug-likeness (QED) is 0.525. The van der Waals surface area contributed by atoms with Crippen molar-refractivity contribution in [3.05, 3.63) is 0 Å². The molecule has 0 aromatic rings. The van der Waals surface area contributed by atoms with Crippen LogP contribution in [0.4, 0.5) is 0 Å². The van der Waals surface area contributed by atoms with Crippen molar-refractivity contribution in [1.82, 2.24) is 9.80 Å². The molecular weight excluding hydrogens is 267 g/mol. The zero-order valence-electron chi connectivity index (χ0n) is 11.3. The van der Waals surface area contributed by atoms with Gasteiger partial charge in [-0.05, 0) is 64.7 Å². The molecule has 0 amide bonds. The van der Waals surface area contributed by atoms with Gasteiger partial charge in [0, 0.05) is 23.8 Å². The van der Waals surface area contributed by atoms with Gasteiger partial charge >= 0.3 is 0 Å². The molecule has 0 aromatic heterocycles. The fourth-order valence-electron chi connectivity index (χ4n) is 3.36. The number of rotatable bonds is 7. The summed E-state index contributed by atoms with van der Waals surface area (Å²) in [4.78, 5) is 5.16. The van der Waals surface area contributed by atoms with Crippen molar-refractivity contribution < 1.29 is 0 Å². The predicted octanol–water partition coefficient (Wildman–Crippen LogP) is 3.17. The van der Waals surface area contributed by atoms with E-state index in [1.807, 2.05) is 0 Å². The van der Waals surface area contributed by atoms with Gasteiger partial charge in [-0.1, -0.05) is 0 Å². The number of hydrogen-bond donors (Lipinski definition) is 0. The van der Waals surface area contributed by atoms with E-state index in [2.05, 4.69) is 9.80 Å². The summed E-state index contributed by atoms with van der Waals surface area (Å²) in [7, 11) is 0. The number of likely N-dealkylation sites (tertiary alicyclic amines) is 2. The summed E-state index contributed by atoms with van der Waals surface area (Å²) >= 11 is 12.0.